The number of hydrazine groups is 1. The Morgan fingerprint density at radius 2 is 1.57 bits per heavy atom. The first-order chi connectivity index (χ1) is 14.0. The van der Waals surface area contributed by atoms with E-state index in [0.717, 1.165) is 23.5 Å². The second-order valence-corrected chi connectivity index (χ2v) is 9.70. The van der Waals surface area contributed by atoms with Crippen LogP contribution < -0.4 is 20.9 Å². The van der Waals surface area contributed by atoms with Gasteiger partial charge in [-0.05, 0) is 58.7 Å². The lowest BCUT2D eigenvalue weighted by Gasteiger charge is -2.29. The third kappa shape index (κ3) is 6.68. The van der Waals surface area contributed by atoms with Crippen LogP contribution in [-0.4, -0.2) is 19.1 Å². The predicted octanol–water partition coefficient (Wildman–Crippen LogP) is 5.62. The third-order valence-electron chi connectivity index (χ3n) is 5.10. The van der Waals surface area contributed by atoms with Gasteiger partial charge in [0.05, 0.1) is 12.2 Å². The fourth-order valence-electron chi connectivity index (χ4n) is 3.15. The van der Waals surface area contributed by atoms with Gasteiger partial charge < -0.3 is 10.1 Å². The molecule has 1 amide bonds. The van der Waals surface area contributed by atoms with Gasteiger partial charge in [-0.2, -0.15) is 0 Å². The Morgan fingerprint density at radius 3 is 2.10 bits per heavy atom. The van der Waals surface area contributed by atoms with Crippen LogP contribution in [0.15, 0.2) is 42.5 Å². The Labute approximate surface area is 181 Å². The molecule has 3 N–H and O–H groups in total. The monoisotopic (exact) mass is 411 g/mol. The van der Waals surface area contributed by atoms with Crippen LogP contribution in [0.25, 0.3) is 0 Å². The molecule has 1 atom stereocenters. The molecule has 164 valence electrons. The maximum Gasteiger partial charge on any atom is 0.225 e. The molecule has 5 heteroatoms. The standard InChI is InChI=1S/C25H37N3O2/c1-8-21(16-26-19-10-12-20(13-11-19)28-27-17-29)30-23-14-9-18(24(2,3)4)15-22(23)25(5,6)7/h9-15,17,21,26,28H,8,16H2,1-7H3,(H,27,29). The molecule has 30 heavy (non-hydrogen) atoms. The van der Waals surface area contributed by atoms with Crippen LogP contribution in [0.3, 0.4) is 0 Å². The third-order valence-corrected chi connectivity index (χ3v) is 5.10. The average Bonchev–Trinajstić information content (AvgIpc) is 2.68. The number of carbonyl (C=O) groups excluding carboxylic acids is 1. The van der Waals surface area contributed by atoms with Gasteiger partial charge in [0.15, 0.2) is 0 Å². The van der Waals surface area contributed by atoms with Crippen LogP contribution in [-0.2, 0) is 15.6 Å². The summed E-state index contributed by atoms with van der Waals surface area (Å²) in [5.74, 6) is 0.962. The summed E-state index contributed by atoms with van der Waals surface area (Å²) in [5.41, 5.74) is 9.73. The van der Waals surface area contributed by atoms with E-state index in [1.807, 2.05) is 24.3 Å². The van der Waals surface area contributed by atoms with Crippen molar-refractivity contribution in [2.75, 3.05) is 17.3 Å². The molecule has 5 nitrogen and oxygen atoms in total. The topological polar surface area (TPSA) is 62.4 Å². The first-order valence-corrected chi connectivity index (χ1v) is 10.7. The number of hydrogen-bond donors (Lipinski definition) is 3. The van der Waals surface area contributed by atoms with E-state index in [1.54, 1.807) is 0 Å². The van der Waals surface area contributed by atoms with E-state index in [-0.39, 0.29) is 16.9 Å². The second kappa shape index (κ2) is 9.88. The maximum atomic E-state index is 10.4. The second-order valence-electron chi connectivity index (χ2n) is 9.70. The minimum atomic E-state index is 0.000692. The van der Waals surface area contributed by atoms with Gasteiger partial charge in [-0.3, -0.25) is 15.6 Å². The number of carbonyl (C=O) groups is 1. The van der Waals surface area contributed by atoms with Crippen LogP contribution in [0.4, 0.5) is 11.4 Å². The van der Waals surface area contributed by atoms with Crippen LogP contribution in [0, 0.1) is 0 Å². The summed E-state index contributed by atoms with van der Waals surface area (Å²) in [7, 11) is 0. The van der Waals surface area contributed by atoms with Crippen molar-refractivity contribution >= 4 is 17.8 Å². The molecule has 0 spiro atoms. The zero-order valence-corrected chi connectivity index (χ0v) is 19.4. The molecule has 0 saturated carbocycles. The number of amides is 1. The molecule has 1 unspecified atom stereocenters. The first kappa shape index (κ1) is 23.6. The van der Waals surface area contributed by atoms with E-state index in [2.05, 4.69) is 82.8 Å². The molecule has 0 aliphatic heterocycles. The quantitative estimate of drug-likeness (QED) is 0.370. The normalized spacial score (nSPS) is 12.8. The summed E-state index contributed by atoms with van der Waals surface area (Å²) in [6, 6.07) is 14.4. The highest BCUT2D eigenvalue weighted by Gasteiger charge is 2.24. The summed E-state index contributed by atoms with van der Waals surface area (Å²) in [6.07, 6.45) is 1.57. The highest BCUT2D eigenvalue weighted by Crippen LogP contribution is 2.36. The number of benzene rings is 2. The highest BCUT2D eigenvalue weighted by molar-refractivity contribution is 5.57. The zero-order valence-electron chi connectivity index (χ0n) is 19.4. The number of anilines is 2. The fraction of sp³-hybridized carbons (Fsp3) is 0.480. The molecule has 0 aromatic heterocycles. The largest absolute Gasteiger partial charge is 0.488 e. The summed E-state index contributed by atoms with van der Waals surface area (Å²) >= 11 is 0. The van der Waals surface area contributed by atoms with Crippen molar-refractivity contribution < 1.29 is 9.53 Å². The lowest BCUT2D eigenvalue weighted by atomic mass is 9.80. The Kier molecular flexibility index (Phi) is 7.77. The van der Waals surface area contributed by atoms with Crippen LogP contribution in [0.5, 0.6) is 5.75 Å². The molecule has 2 rings (SSSR count). The van der Waals surface area contributed by atoms with Crippen molar-refractivity contribution in [1.29, 1.82) is 0 Å². The first-order valence-electron chi connectivity index (χ1n) is 10.7. The lowest BCUT2D eigenvalue weighted by Crippen LogP contribution is -2.27. The Bertz CT molecular complexity index is 818. The minimum absolute atomic E-state index is 0.000692. The molecule has 2 aromatic rings. The molecule has 0 bridgehead atoms. The lowest BCUT2D eigenvalue weighted by molar-refractivity contribution is -0.109. The highest BCUT2D eigenvalue weighted by atomic mass is 16.5. The van der Waals surface area contributed by atoms with E-state index in [1.165, 1.54) is 11.1 Å². The molecule has 0 fully saturated rings. The summed E-state index contributed by atoms with van der Waals surface area (Å²) < 4.78 is 6.46. The van der Waals surface area contributed by atoms with E-state index < -0.39 is 0 Å². The van der Waals surface area contributed by atoms with E-state index in [4.69, 9.17) is 4.74 Å². The molecule has 0 aliphatic rings. The van der Waals surface area contributed by atoms with Crippen LogP contribution in [0.1, 0.15) is 66.0 Å². The smallest absolute Gasteiger partial charge is 0.225 e. The molecular weight excluding hydrogens is 374 g/mol. The summed E-state index contributed by atoms with van der Waals surface area (Å²) in [6.45, 7) is 16.3. The van der Waals surface area contributed by atoms with Gasteiger partial charge in [0.1, 0.15) is 11.9 Å². The van der Waals surface area contributed by atoms with Gasteiger partial charge in [-0.15, -0.1) is 0 Å². The van der Waals surface area contributed by atoms with Gasteiger partial charge in [0.2, 0.25) is 6.41 Å². The number of rotatable bonds is 9. The fourth-order valence-corrected chi connectivity index (χ4v) is 3.15. The van der Waals surface area contributed by atoms with Gasteiger partial charge in [-0.25, -0.2) is 0 Å². The van der Waals surface area contributed by atoms with Gasteiger partial charge in [0.25, 0.3) is 0 Å². The summed E-state index contributed by atoms with van der Waals surface area (Å²) in [5, 5.41) is 3.45. The van der Waals surface area contributed by atoms with E-state index >= 15 is 0 Å². The SMILES string of the molecule is CCC(CNc1ccc(NNC=O)cc1)Oc1ccc(C(C)(C)C)cc1C(C)(C)C. The Hall–Kier alpha value is -2.69. The molecule has 0 heterocycles. The number of nitrogens with one attached hydrogen (secondary N) is 3. The molecule has 0 saturated heterocycles. The van der Waals surface area contributed by atoms with Gasteiger partial charge in [0, 0.05) is 5.69 Å². The van der Waals surface area contributed by atoms with Crippen molar-refractivity contribution in [1.82, 2.24) is 5.43 Å². The Balaban J connectivity index is 2.10. The zero-order chi connectivity index (χ0) is 22.4. The van der Waals surface area contributed by atoms with Crippen molar-refractivity contribution in [3.05, 3.63) is 53.6 Å². The van der Waals surface area contributed by atoms with E-state index in [9.17, 15) is 4.79 Å². The van der Waals surface area contributed by atoms with Crippen molar-refractivity contribution in [3.8, 4) is 5.75 Å². The van der Waals surface area contributed by atoms with Crippen LogP contribution >= 0.6 is 0 Å². The predicted molar refractivity (Wildman–Crippen MR) is 126 cm³/mol. The van der Waals surface area contributed by atoms with Gasteiger partial charge >= 0.3 is 0 Å². The van der Waals surface area contributed by atoms with Gasteiger partial charge in [-0.1, -0.05) is 60.6 Å². The van der Waals surface area contributed by atoms with Crippen molar-refractivity contribution in [2.24, 2.45) is 0 Å². The number of hydrogen-bond acceptors (Lipinski definition) is 4. The molecule has 2 aromatic carbocycles. The van der Waals surface area contributed by atoms with Crippen molar-refractivity contribution in [3.63, 3.8) is 0 Å². The average molecular weight is 412 g/mol. The molecule has 0 aliphatic carbocycles. The minimum Gasteiger partial charge on any atom is -0.488 e. The van der Waals surface area contributed by atoms with Crippen molar-refractivity contribution in [2.45, 2.75) is 71.8 Å². The van der Waals surface area contributed by atoms with E-state index in [0.29, 0.717) is 13.0 Å². The van der Waals surface area contributed by atoms with Crippen LogP contribution in [0.2, 0.25) is 0 Å². The summed E-state index contributed by atoms with van der Waals surface area (Å²) in [4.78, 5) is 10.4. The molecular formula is C25H37N3O2. The Morgan fingerprint density at radius 1 is 0.933 bits per heavy atom. The maximum absolute atomic E-state index is 10.4. The number of ether oxygens (including phenoxy) is 1. The molecule has 0 radical (unpaired) electrons.